The molecule has 0 aliphatic heterocycles. The fourth-order valence-corrected chi connectivity index (χ4v) is 1.51. The summed E-state index contributed by atoms with van der Waals surface area (Å²) in [6.45, 7) is 1.73. The fraction of sp³-hybridized carbons (Fsp3) is 0.182. The zero-order valence-corrected chi connectivity index (χ0v) is 9.30. The molecule has 0 aliphatic rings. The Kier molecular flexibility index (Phi) is 2.55. The van der Waals surface area contributed by atoms with Gasteiger partial charge in [0.2, 0.25) is 0 Å². The predicted molar refractivity (Wildman–Crippen MR) is 58.9 cm³/mol. The molecule has 0 spiro atoms. The molecular weight excluding hydrogens is 224 g/mol. The summed E-state index contributed by atoms with van der Waals surface area (Å²) >= 11 is 0. The third-order valence-electron chi connectivity index (χ3n) is 2.36. The normalized spacial score (nSPS) is 10.5. The van der Waals surface area contributed by atoms with Crippen molar-refractivity contribution in [1.82, 2.24) is 9.78 Å². The molecule has 0 amide bonds. The van der Waals surface area contributed by atoms with E-state index < -0.39 is 11.5 Å². The monoisotopic (exact) mass is 234 g/mol. The van der Waals surface area contributed by atoms with Crippen LogP contribution in [0.5, 0.6) is 0 Å². The molecule has 0 aliphatic carbocycles. The van der Waals surface area contributed by atoms with E-state index >= 15 is 0 Å². The second-order valence-electron chi connectivity index (χ2n) is 3.58. The standard InChI is InChI=1S/C11H10N2O4/c1-6-3-4-8(17-6)7-5-12-13(2)10(14)9(7)11(15)16/h3-5H,1-2H3,(H,15,16). The highest BCUT2D eigenvalue weighted by atomic mass is 16.4. The molecule has 0 saturated heterocycles. The third-order valence-corrected chi connectivity index (χ3v) is 2.36. The number of carboxylic acid groups (broad SMARTS) is 1. The van der Waals surface area contributed by atoms with Crippen molar-refractivity contribution in [3.8, 4) is 11.3 Å². The zero-order valence-electron chi connectivity index (χ0n) is 9.30. The first-order chi connectivity index (χ1) is 8.00. The molecule has 0 unspecified atom stereocenters. The number of aryl methyl sites for hydroxylation is 2. The van der Waals surface area contributed by atoms with E-state index in [-0.39, 0.29) is 11.1 Å². The summed E-state index contributed by atoms with van der Waals surface area (Å²) in [7, 11) is 1.39. The van der Waals surface area contributed by atoms with Gasteiger partial charge in [-0.15, -0.1) is 0 Å². The SMILES string of the molecule is Cc1ccc(-c2cnn(C)c(=O)c2C(=O)O)o1. The maximum Gasteiger partial charge on any atom is 0.342 e. The maximum absolute atomic E-state index is 11.7. The Morgan fingerprint density at radius 2 is 2.18 bits per heavy atom. The lowest BCUT2D eigenvalue weighted by atomic mass is 10.1. The van der Waals surface area contributed by atoms with Crippen molar-refractivity contribution in [2.75, 3.05) is 0 Å². The van der Waals surface area contributed by atoms with E-state index in [0.717, 1.165) is 4.68 Å². The van der Waals surface area contributed by atoms with E-state index in [1.807, 2.05) is 0 Å². The molecule has 6 nitrogen and oxygen atoms in total. The Balaban J connectivity index is 2.74. The summed E-state index contributed by atoms with van der Waals surface area (Å²) in [6, 6.07) is 3.30. The van der Waals surface area contributed by atoms with Crippen molar-refractivity contribution in [3.05, 3.63) is 40.0 Å². The van der Waals surface area contributed by atoms with Gasteiger partial charge in [-0.25, -0.2) is 9.48 Å². The molecule has 88 valence electrons. The third kappa shape index (κ3) is 1.84. The Labute approximate surface area is 96.1 Å². The van der Waals surface area contributed by atoms with Crippen LogP contribution in [0.3, 0.4) is 0 Å². The van der Waals surface area contributed by atoms with E-state index in [2.05, 4.69) is 5.10 Å². The van der Waals surface area contributed by atoms with Crippen molar-refractivity contribution in [2.45, 2.75) is 6.92 Å². The molecule has 1 N–H and O–H groups in total. The first-order valence-electron chi connectivity index (χ1n) is 4.87. The van der Waals surface area contributed by atoms with Gasteiger partial charge in [0, 0.05) is 7.05 Å². The van der Waals surface area contributed by atoms with Crippen molar-refractivity contribution < 1.29 is 14.3 Å². The molecule has 0 bridgehead atoms. The van der Waals surface area contributed by atoms with Crippen molar-refractivity contribution >= 4 is 5.97 Å². The van der Waals surface area contributed by atoms with Crippen molar-refractivity contribution in [1.29, 1.82) is 0 Å². The average Bonchev–Trinajstić information content (AvgIpc) is 2.68. The Bertz CT molecular complexity index is 639. The lowest BCUT2D eigenvalue weighted by Crippen LogP contribution is -2.27. The van der Waals surface area contributed by atoms with Gasteiger partial charge >= 0.3 is 5.97 Å². The van der Waals surface area contributed by atoms with Crippen LogP contribution in [0.2, 0.25) is 0 Å². The minimum absolute atomic E-state index is 0.189. The van der Waals surface area contributed by atoms with Gasteiger partial charge in [0.1, 0.15) is 17.1 Å². The minimum atomic E-state index is -1.29. The molecule has 0 radical (unpaired) electrons. The summed E-state index contributed by atoms with van der Waals surface area (Å²) in [4.78, 5) is 22.8. The summed E-state index contributed by atoms with van der Waals surface area (Å²) in [5, 5.41) is 12.8. The molecule has 0 fully saturated rings. The molecule has 6 heteroatoms. The minimum Gasteiger partial charge on any atom is -0.477 e. The lowest BCUT2D eigenvalue weighted by Gasteiger charge is -2.03. The second kappa shape index (κ2) is 3.89. The second-order valence-corrected chi connectivity index (χ2v) is 3.58. The van der Waals surface area contributed by atoms with Gasteiger partial charge in [-0.3, -0.25) is 4.79 Å². The number of nitrogens with zero attached hydrogens (tertiary/aromatic N) is 2. The number of aromatic nitrogens is 2. The van der Waals surface area contributed by atoms with Gasteiger partial charge in [0.25, 0.3) is 5.56 Å². The largest absolute Gasteiger partial charge is 0.477 e. The smallest absolute Gasteiger partial charge is 0.342 e. The van der Waals surface area contributed by atoms with Gasteiger partial charge in [0.05, 0.1) is 11.8 Å². The van der Waals surface area contributed by atoms with Crippen LogP contribution in [0.25, 0.3) is 11.3 Å². The maximum atomic E-state index is 11.7. The Morgan fingerprint density at radius 1 is 1.47 bits per heavy atom. The first kappa shape index (κ1) is 11.1. The molecule has 2 aromatic heterocycles. The Hall–Kier alpha value is -2.37. The van der Waals surface area contributed by atoms with E-state index in [0.29, 0.717) is 11.5 Å². The topological polar surface area (TPSA) is 85.3 Å². The van der Waals surface area contributed by atoms with Gasteiger partial charge in [0.15, 0.2) is 0 Å². The van der Waals surface area contributed by atoms with E-state index in [4.69, 9.17) is 9.52 Å². The number of aromatic carboxylic acids is 1. The summed E-state index contributed by atoms with van der Waals surface area (Å²) in [5.41, 5.74) is -0.811. The van der Waals surface area contributed by atoms with Gasteiger partial charge < -0.3 is 9.52 Å². The van der Waals surface area contributed by atoms with Gasteiger partial charge in [-0.05, 0) is 19.1 Å². The molecule has 0 aromatic carbocycles. The number of rotatable bonds is 2. The van der Waals surface area contributed by atoms with Crippen LogP contribution in [-0.4, -0.2) is 20.9 Å². The van der Waals surface area contributed by atoms with Crippen LogP contribution >= 0.6 is 0 Å². The van der Waals surface area contributed by atoms with Crippen molar-refractivity contribution in [2.24, 2.45) is 7.05 Å². The van der Waals surface area contributed by atoms with Crippen LogP contribution < -0.4 is 5.56 Å². The van der Waals surface area contributed by atoms with Crippen LogP contribution in [0.1, 0.15) is 16.1 Å². The van der Waals surface area contributed by atoms with E-state index in [9.17, 15) is 9.59 Å². The average molecular weight is 234 g/mol. The van der Waals surface area contributed by atoms with Gasteiger partial charge in [-0.1, -0.05) is 0 Å². The van der Waals surface area contributed by atoms with Crippen LogP contribution in [0.15, 0.2) is 27.5 Å². The van der Waals surface area contributed by atoms with E-state index in [1.54, 1.807) is 19.1 Å². The number of carboxylic acids is 1. The summed E-state index contributed by atoms with van der Waals surface area (Å²) < 4.78 is 6.28. The van der Waals surface area contributed by atoms with Crippen LogP contribution in [-0.2, 0) is 7.05 Å². The summed E-state index contributed by atoms with van der Waals surface area (Å²) in [6.07, 6.45) is 1.31. The number of hydrogen-bond acceptors (Lipinski definition) is 4. The Morgan fingerprint density at radius 3 is 2.71 bits per heavy atom. The van der Waals surface area contributed by atoms with Crippen LogP contribution in [0.4, 0.5) is 0 Å². The molecule has 0 atom stereocenters. The first-order valence-corrected chi connectivity index (χ1v) is 4.87. The highest BCUT2D eigenvalue weighted by Gasteiger charge is 2.20. The molecular formula is C11H10N2O4. The molecule has 2 heterocycles. The highest BCUT2D eigenvalue weighted by Crippen LogP contribution is 2.22. The fourth-order valence-electron chi connectivity index (χ4n) is 1.51. The predicted octanol–water partition coefficient (Wildman–Crippen LogP) is 1.05. The number of hydrogen-bond donors (Lipinski definition) is 1. The molecule has 17 heavy (non-hydrogen) atoms. The summed E-state index contributed by atoms with van der Waals surface area (Å²) in [5.74, 6) is -0.334. The number of carbonyl (C=O) groups is 1. The van der Waals surface area contributed by atoms with Crippen LogP contribution in [0, 0.1) is 6.92 Å². The lowest BCUT2D eigenvalue weighted by molar-refractivity contribution is 0.0694. The molecule has 2 rings (SSSR count). The van der Waals surface area contributed by atoms with Crippen molar-refractivity contribution in [3.63, 3.8) is 0 Å². The quantitative estimate of drug-likeness (QED) is 0.839. The van der Waals surface area contributed by atoms with Gasteiger partial charge in [-0.2, -0.15) is 5.10 Å². The molecule has 0 saturated carbocycles. The van der Waals surface area contributed by atoms with E-state index in [1.165, 1.54) is 13.2 Å². The number of furan rings is 1. The highest BCUT2D eigenvalue weighted by molar-refractivity contribution is 5.94. The molecule has 2 aromatic rings. The zero-order chi connectivity index (χ0) is 12.6.